The van der Waals surface area contributed by atoms with E-state index in [9.17, 15) is 9.59 Å². The van der Waals surface area contributed by atoms with E-state index in [1.807, 2.05) is 0 Å². The molecule has 0 aromatic heterocycles. The minimum atomic E-state index is -0.442. The maximum atomic E-state index is 11.8. The number of ether oxygens (including phenoxy) is 3. The van der Waals surface area contributed by atoms with E-state index in [0.29, 0.717) is 23.8 Å². The molecule has 0 N–H and O–H groups in total. The molecule has 0 fully saturated rings. The molecule has 5 heteroatoms. The molecule has 0 aliphatic rings. The maximum Gasteiger partial charge on any atom is 0.330 e. The van der Waals surface area contributed by atoms with Gasteiger partial charge in [-0.25, -0.2) is 4.79 Å². The average Bonchev–Trinajstić information content (AvgIpc) is 2.51. The molecule has 0 unspecified atom stereocenters. The van der Waals surface area contributed by atoms with Gasteiger partial charge in [0.25, 0.3) is 0 Å². The summed E-state index contributed by atoms with van der Waals surface area (Å²) in [5.74, 6) is 0.518. The van der Waals surface area contributed by atoms with E-state index in [1.165, 1.54) is 20.3 Å². The highest BCUT2D eigenvalue weighted by Gasteiger charge is 2.11. The van der Waals surface area contributed by atoms with Crippen LogP contribution in [0.3, 0.4) is 0 Å². The van der Waals surface area contributed by atoms with Crippen molar-refractivity contribution in [3.8, 4) is 11.5 Å². The number of esters is 2. The molecule has 0 saturated heterocycles. The lowest BCUT2D eigenvalue weighted by atomic mass is 10.1. The molecule has 0 amide bonds. The van der Waals surface area contributed by atoms with Crippen LogP contribution >= 0.6 is 0 Å². The Hall–Kier alpha value is -2.30. The van der Waals surface area contributed by atoms with Gasteiger partial charge in [-0.15, -0.1) is 0 Å². The number of carbonyl (C=O) groups excluding carboxylic acids is 2. The normalized spacial score (nSPS) is 10.8. The minimum Gasteiger partial charge on any atom is -0.493 e. The lowest BCUT2D eigenvalue weighted by molar-refractivity contribution is -0.135. The Morgan fingerprint density at radius 1 is 1.18 bits per heavy atom. The third-order valence-electron chi connectivity index (χ3n) is 2.95. The van der Waals surface area contributed by atoms with E-state index >= 15 is 0 Å². The van der Waals surface area contributed by atoms with Crippen LogP contribution in [0.5, 0.6) is 11.5 Å². The Labute approximate surface area is 130 Å². The van der Waals surface area contributed by atoms with Crippen molar-refractivity contribution in [2.75, 3.05) is 14.2 Å². The smallest absolute Gasteiger partial charge is 0.330 e. The van der Waals surface area contributed by atoms with Crippen LogP contribution in [0.4, 0.5) is 0 Å². The van der Waals surface area contributed by atoms with Gasteiger partial charge >= 0.3 is 11.9 Å². The van der Waals surface area contributed by atoms with Crippen molar-refractivity contribution in [3.05, 3.63) is 29.8 Å². The maximum absolute atomic E-state index is 11.8. The zero-order valence-electron chi connectivity index (χ0n) is 13.4. The quantitative estimate of drug-likeness (QED) is 0.440. The van der Waals surface area contributed by atoms with Gasteiger partial charge in [-0.2, -0.15) is 0 Å². The van der Waals surface area contributed by atoms with E-state index in [1.54, 1.807) is 24.3 Å². The molecule has 1 aromatic carbocycles. The fraction of sp³-hybridized carbons (Fsp3) is 0.412. The van der Waals surface area contributed by atoms with E-state index in [-0.39, 0.29) is 5.97 Å². The van der Waals surface area contributed by atoms with Gasteiger partial charge < -0.3 is 14.2 Å². The van der Waals surface area contributed by atoms with Crippen molar-refractivity contribution >= 4 is 18.0 Å². The molecule has 1 aromatic rings. The molecule has 0 saturated carbocycles. The number of rotatable bonds is 7. The van der Waals surface area contributed by atoms with Gasteiger partial charge in [-0.1, -0.05) is 19.9 Å². The Kier molecular flexibility index (Phi) is 7.16. The number of hydrogen-bond donors (Lipinski definition) is 0. The average molecular weight is 306 g/mol. The van der Waals surface area contributed by atoms with Crippen molar-refractivity contribution in [2.24, 2.45) is 5.92 Å². The monoisotopic (exact) mass is 306 g/mol. The molecule has 1 rings (SSSR count). The summed E-state index contributed by atoms with van der Waals surface area (Å²) in [5.41, 5.74) is 0.740. The summed E-state index contributed by atoms with van der Waals surface area (Å²) in [7, 11) is 2.81. The second-order valence-corrected chi connectivity index (χ2v) is 5.17. The number of hydrogen-bond acceptors (Lipinski definition) is 5. The molecular formula is C17H22O5. The zero-order valence-corrected chi connectivity index (χ0v) is 13.4. The Morgan fingerprint density at radius 3 is 2.50 bits per heavy atom. The summed E-state index contributed by atoms with van der Waals surface area (Å²) >= 11 is 0. The lowest BCUT2D eigenvalue weighted by Crippen LogP contribution is -2.09. The molecule has 0 radical (unpaired) electrons. The van der Waals surface area contributed by atoms with Crippen molar-refractivity contribution in [2.45, 2.75) is 26.7 Å². The van der Waals surface area contributed by atoms with E-state index in [0.717, 1.165) is 12.0 Å². The molecule has 0 spiro atoms. The third kappa shape index (κ3) is 5.99. The van der Waals surface area contributed by atoms with Crippen molar-refractivity contribution in [1.29, 1.82) is 0 Å². The van der Waals surface area contributed by atoms with Gasteiger partial charge in [0.15, 0.2) is 11.5 Å². The minimum absolute atomic E-state index is 0.287. The van der Waals surface area contributed by atoms with Gasteiger partial charge in [0, 0.05) is 12.5 Å². The lowest BCUT2D eigenvalue weighted by Gasteiger charge is -2.10. The van der Waals surface area contributed by atoms with Crippen molar-refractivity contribution in [3.63, 3.8) is 0 Å². The SMILES string of the molecule is COC(=O)/C=C\c1ccc(OC(=O)CCC(C)C)c(OC)c1. The van der Waals surface area contributed by atoms with Crippen LogP contribution in [-0.2, 0) is 14.3 Å². The molecule has 120 valence electrons. The third-order valence-corrected chi connectivity index (χ3v) is 2.95. The van der Waals surface area contributed by atoms with Gasteiger partial charge in [-0.3, -0.25) is 4.79 Å². The van der Waals surface area contributed by atoms with Crippen molar-refractivity contribution < 1.29 is 23.8 Å². The van der Waals surface area contributed by atoms with Gasteiger partial charge in [0.2, 0.25) is 0 Å². The highest BCUT2D eigenvalue weighted by molar-refractivity contribution is 5.87. The van der Waals surface area contributed by atoms with Crippen LogP contribution < -0.4 is 9.47 Å². The van der Waals surface area contributed by atoms with Crippen LogP contribution in [0.2, 0.25) is 0 Å². The van der Waals surface area contributed by atoms with Crippen LogP contribution in [0.25, 0.3) is 6.08 Å². The van der Waals surface area contributed by atoms with Gasteiger partial charge in [0.1, 0.15) is 0 Å². The summed E-state index contributed by atoms with van der Waals surface area (Å²) in [6.45, 7) is 4.10. The largest absolute Gasteiger partial charge is 0.493 e. The van der Waals surface area contributed by atoms with E-state index in [2.05, 4.69) is 18.6 Å². The molecule has 0 heterocycles. The van der Waals surface area contributed by atoms with Crippen LogP contribution in [0.15, 0.2) is 24.3 Å². The van der Waals surface area contributed by atoms with E-state index in [4.69, 9.17) is 9.47 Å². The number of carbonyl (C=O) groups is 2. The first-order chi connectivity index (χ1) is 10.5. The highest BCUT2D eigenvalue weighted by atomic mass is 16.6. The second-order valence-electron chi connectivity index (χ2n) is 5.17. The number of methoxy groups -OCH3 is 2. The van der Waals surface area contributed by atoms with Crippen molar-refractivity contribution in [1.82, 2.24) is 0 Å². The zero-order chi connectivity index (χ0) is 16.5. The molecular weight excluding hydrogens is 284 g/mol. The fourth-order valence-electron chi connectivity index (χ4n) is 1.68. The summed E-state index contributed by atoms with van der Waals surface area (Å²) in [5, 5.41) is 0. The van der Waals surface area contributed by atoms with Crippen LogP contribution in [0, 0.1) is 5.92 Å². The van der Waals surface area contributed by atoms with Gasteiger partial charge in [0.05, 0.1) is 14.2 Å². The fourth-order valence-corrected chi connectivity index (χ4v) is 1.68. The first-order valence-corrected chi connectivity index (χ1v) is 7.11. The summed E-state index contributed by atoms with van der Waals surface area (Å²) in [4.78, 5) is 22.8. The molecule has 0 atom stereocenters. The second kappa shape index (κ2) is 8.87. The molecule has 0 aliphatic heterocycles. The van der Waals surface area contributed by atoms with Crippen LogP contribution in [0.1, 0.15) is 32.3 Å². The molecule has 0 aliphatic carbocycles. The molecule has 22 heavy (non-hydrogen) atoms. The first kappa shape index (κ1) is 17.8. The Balaban J connectivity index is 2.78. The topological polar surface area (TPSA) is 61.8 Å². The highest BCUT2D eigenvalue weighted by Crippen LogP contribution is 2.29. The summed E-state index contributed by atoms with van der Waals surface area (Å²) in [6, 6.07) is 5.06. The van der Waals surface area contributed by atoms with Gasteiger partial charge in [-0.05, 0) is 36.1 Å². The Bertz CT molecular complexity index is 546. The summed E-state index contributed by atoms with van der Waals surface area (Å²) < 4.78 is 15.1. The standard InChI is InChI=1S/C17H22O5/c1-12(2)5-9-17(19)22-14-8-6-13(11-15(14)20-3)7-10-16(18)21-4/h6-8,10-12H,5,9H2,1-4H3/b10-7-. The molecule has 0 bridgehead atoms. The first-order valence-electron chi connectivity index (χ1n) is 7.11. The van der Waals surface area contributed by atoms with Crippen LogP contribution in [-0.4, -0.2) is 26.2 Å². The molecule has 5 nitrogen and oxygen atoms in total. The summed E-state index contributed by atoms with van der Waals surface area (Å²) in [6.07, 6.45) is 4.05. The number of benzene rings is 1. The predicted molar refractivity (Wildman–Crippen MR) is 83.8 cm³/mol. The van der Waals surface area contributed by atoms with E-state index < -0.39 is 5.97 Å². The Morgan fingerprint density at radius 2 is 1.91 bits per heavy atom. The predicted octanol–water partition coefficient (Wildman–Crippen LogP) is 3.22.